The summed E-state index contributed by atoms with van der Waals surface area (Å²) in [7, 11) is 0. The summed E-state index contributed by atoms with van der Waals surface area (Å²) in [5.74, 6) is 0.268. The molecular weight excluding hydrogens is 176 g/mol. The van der Waals surface area contributed by atoms with Crippen molar-refractivity contribution >= 4 is 5.91 Å². The van der Waals surface area contributed by atoms with Gasteiger partial charge < -0.3 is 9.88 Å². The van der Waals surface area contributed by atoms with Crippen LogP contribution in [0.2, 0.25) is 0 Å². The molecule has 0 radical (unpaired) electrons. The number of likely N-dealkylation sites (tertiary alicyclic amines) is 1. The molecule has 0 aromatic carbocycles. The van der Waals surface area contributed by atoms with Gasteiger partial charge in [0.25, 0.3) is 0 Å². The molecule has 3 nitrogen and oxygen atoms in total. The Morgan fingerprint density at radius 2 is 2.14 bits per heavy atom. The zero-order chi connectivity index (χ0) is 9.80. The monoisotopic (exact) mass is 192 g/mol. The Balaban J connectivity index is 1.88. The third kappa shape index (κ3) is 2.16. The first kappa shape index (κ1) is 9.31. The second kappa shape index (κ2) is 4.31. The number of carbonyl (C=O) groups excluding carboxylic acids is 1. The summed E-state index contributed by atoms with van der Waals surface area (Å²) in [5.41, 5.74) is 1.08. The fourth-order valence-corrected chi connectivity index (χ4v) is 1.90. The number of rotatable bonds is 2. The van der Waals surface area contributed by atoms with Crippen molar-refractivity contribution in [1.82, 2.24) is 9.88 Å². The molecule has 1 aliphatic rings. The lowest BCUT2D eigenvalue weighted by atomic mass is 10.1. The van der Waals surface area contributed by atoms with Gasteiger partial charge in [0.15, 0.2) is 0 Å². The number of hydrogen-bond acceptors (Lipinski definition) is 1. The van der Waals surface area contributed by atoms with Crippen LogP contribution >= 0.6 is 0 Å². The van der Waals surface area contributed by atoms with Gasteiger partial charge in [-0.25, -0.2) is 0 Å². The fourth-order valence-electron chi connectivity index (χ4n) is 1.90. The van der Waals surface area contributed by atoms with Crippen molar-refractivity contribution < 1.29 is 4.79 Å². The van der Waals surface area contributed by atoms with E-state index in [0.717, 1.165) is 18.7 Å². The van der Waals surface area contributed by atoms with Gasteiger partial charge in [-0.3, -0.25) is 4.79 Å². The van der Waals surface area contributed by atoms with Crippen LogP contribution in [0.25, 0.3) is 0 Å². The molecule has 76 valence electrons. The van der Waals surface area contributed by atoms with E-state index < -0.39 is 0 Å². The van der Waals surface area contributed by atoms with Crippen LogP contribution in [0.1, 0.15) is 24.8 Å². The summed E-state index contributed by atoms with van der Waals surface area (Å²) in [5, 5.41) is 0. The number of aromatic nitrogens is 1. The highest BCUT2D eigenvalue weighted by molar-refractivity contribution is 5.78. The van der Waals surface area contributed by atoms with E-state index in [1.54, 1.807) is 0 Å². The summed E-state index contributed by atoms with van der Waals surface area (Å²) < 4.78 is 0. The van der Waals surface area contributed by atoms with Crippen LogP contribution in [0.4, 0.5) is 0 Å². The van der Waals surface area contributed by atoms with E-state index in [2.05, 4.69) is 4.98 Å². The number of amides is 1. The van der Waals surface area contributed by atoms with Gasteiger partial charge in [0.1, 0.15) is 0 Å². The standard InChI is InChI=1S/C11H16N2O/c14-11(8-10-4-5-12-9-10)13-6-2-1-3-7-13/h4-5,9,12H,1-3,6-8H2. The Morgan fingerprint density at radius 1 is 1.36 bits per heavy atom. The molecule has 0 spiro atoms. The van der Waals surface area contributed by atoms with Crippen molar-refractivity contribution in [3.63, 3.8) is 0 Å². The summed E-state index contributed by atoms with van der Waals surface area (Å²) >= 11 is 0. The van der Waals surface area contributed by atoms with Crippen LogP contribution in [-0.2, 0) is 11.2 Å². The highest BCUT2D eigenvalue weighted by Gasteiger charge is 2.16. The second-order valence-corrected chi connectivity index (χ2v) is 3.84. The van der Waals surface area contributed by atoms with E-state index in [4.69, 9.17) is 0 Å². The lowest BCUT2D eigenvalue weighted by molar-refractivity contribution is -0.131. The first-order chi connectivity index (χ1) is 6.86. The Kier molecular flexibility index (Phi) is 2.87. The summed E-state index contributed by atoms with van der Waals surface area (Å²) in [4.78, 5) is 16.7. The van der Waals surface area contributed by atoms with Gasteiger partial charge >= 0.3 is 0 Å². The van der Waals surface area contributed by atoms with Crippen LogP contribution in [0.15, 0.2) is 18.5 Å². The Labute approximate surface area is 84.1 Å². The minimum Gasteiger partial charge on any atom is -0.367 e. The number of piperidine rings is 1. The maximum Gasteiger partial charge on any atom is 0.227 e. The fraction of sp³-hybridized carbons (Fsp3) is 0.545. The molecule has 1 aromatic heterocycles. The third-order valence-electron chi connectivity index (χ3n) is 2.73. The normalized spacial score (nSPS) is 17.0. The molecule has 1 N–H and O–H groups in total. The van der Waals surface area contributed by atoms with Gasteiger partial charge in [-0.2, -0.15) is 0 Å². The van der Waals surface area contributed by atoms with Gasteiger partial charge in [0.2, 0.25) is 5.91 Å². The number of carbonyl (C=O) groups is 1. The van der Waals surface area contributed by atoms with Crippen molar-refractivity contribution in [3.8, 4) is 0 Å². The van der Waals surface area contributed by atoms with E-state index in [9.17, 15) is 4.79 Å². The molecule has 1 saturated heterocycles. The number of nitrogens with zero attached hydrogens (tertiary/aromatic N) is 1. The average Bonchev–Trinajstić information content (AvgIpc) is 2.72. The van der Waals surface area contributed by atoms with Gasteiger partial charge in [-0.15, -0.1) is 0 Å². The molecule has 2 heterocycles. The first-order valence-corrected chi connectivity index (χ1v) is 5.26. The highest BCUT2D eigenvalue weighted by Crippen LogP contribution is 2.10. The molecular formula is C11H16N2O. The smallest absolute Gasteiger partial charge is 0.227 e. The lowest BCUT2D eigenvalue weighted by Crippen LogP contribution is -2.36. The topological polar surface area (TPSA) is 36.1 Å². The van der Waals surface area contributed by atoms with E-state index in [1.807, 2.05) is 23.4 Å². The van der Waals surface area contributed by atoms with Crippen molar-refractivity contribution in [3.05, 3.63) is 24.0 Å². The predicted octanol–water partition coefficient (Wildman–Crippen LogP) is 1.57. The number of nitrogens with one attached hydrogen (secondary N) is 1. The maximum atomic E-state index is 11.8. The van der Waals surface area contributed by atoms with Gasteiger partial charge in [-0.05, 0) is 30.9 Å². The van der Waals surface area contributed by atoms with E-state index >= 15 is 0 Å². The van der Waals surface area contributed by atoms with E-state index in [-0.39, 0.29) is 5.91 Å². The van der Waals surface area contributed by atoms with Gasteiger partial charge in [0, 0.05) is 25.5 Å². The van der Waals surface area contributed by atoms with Gasteiger partial charge in [-0.1, -0.05) is 0 Å². The van der Waals surface area contributed by atoms with Crippen LogP contribution in [-0.4, -0.2) is 28.9 Å². The SMILES string of the molecule is O=C(Cc1cc[nH]c1)N1CCCCC1. The molecule has 0 unspecified atom stereocenters. The Hall–Kier alpha value is -1.25. The molecule has 3 heteroatoms. The van der Waals surface area contributed by atoms with Crippen LogP contribution in [0.3, 0.4) is 0 Å². The van der Waals surface area contributed by atoms with Gasteiger partial charge in [0.05, 0.1) is 6.42 Å². The largest absolute Gasteiger partial charge is 0.367 e. The molecule has 1 aromatic rings. The highest BCUT2D eigenvalue weighted by atomic mass is 16.2. The third-order valence-corrected chi connectivity index (χ3v) is 2.73. The van der Waals surface area contributed by atoms with Crippen molar-refractivity contribution in [2.75, 3.05) is 13.1 Å². The van der Waals surface area contributed by atoms with E-state index in [0.29, 0.717) is 6.42 Å². The minimum atomic E-state index is 0.268. The van der Waals surface area contributed by atoms with Crippen LogP contribution in [0, 0.1) is 0 Å². The Bertz CT molecular complexity index is 286. The molecule has 2 rings (SSSR count). The zero-order valence-electron chi connectivity index (χ0n) is 8.33. The predicted molar refractivity (Wildman–Crippen MR) is 54.9 cm³/mol. The summed E-state index contributed by atoms with van der Waals surface area (Å²) in [6.07, 6.45) is 7.90. The lowest BCUT2D eigenvalue weighted by Gasteiger charge is -2.26. The van der Waals surface area contributed by atoms with Crippen molar-refractivity contribution in [2.24, 2.45) is 0 Å². The molecule has 14 heavy (non-hydrogen) atoms. The van der Waals surface area contributed by atoms with Crippen LogP contribution < -0.4 is 0 Å². The second-order valence-electron chi connectivity index (χ2n) is 3.84. The molecule has 0 atom stereocenters. The zero-order valence-corrected chi connectivity index (χ0v) is 8.33. The number of H-pyrrole nitrogens is 1. The minimum absolute atomic E-state index is 0.268. The quantitative estimate of drug-likeness (QED) is 0.758. The first-order valence-electron chi connectivity index (χ1n) is 5.26. The summed E-state index contributed by atoms with van der Waals surface area (Å²) in [6.45, 7) is 1.90. The maximum absolute atomic E-state index is 11.8. The molecule has 0 saturated carbocycles. The van der Waals surface area contributed by atoms with Crippen molar-refractivity contribution in [2.45, 2.75) is 25.7 Å². The summed E-state index contributed by atoms with van der Waals surface area (Å²) in [6, 6.07) is 1.96. The van der Waals surface area contributed by atoms with E-state index in [1.165, 1.54) is 19.3 Å². The average molecular weight is 192 g/mol. The number of aromatic amines is 1. The molecule has 1 fully saturated rings. The molecule has 0 aliphatic carbocycles. The number of hydrogen-bond donors (Lipinski definition) is 1. The van der Waals surface area contributed by atoms with Crippen LogP contribution in [0.5, 0.6) is 0 Å². The molecule has 1 amide bonds. The Morgan fingerprint density at radius 3 is 2.79 bits per heavy atom. The molecule has 0 bridgehead atoms. The van der Waals surface area contributed by atoms with Crippen molar-refractivity contribution in [1.29, 1.82) is 0 Å². The molecule has 1 aliphatic heterocycles.